The fraction of sp³-hybridized carbons (Fsp3) is 0.929. The third-order valence-electron chi connectivity index (χ3n) is 4.33. The zero-order chi connectivity index (χ0) is 13.0. The maximum atomic E-state index is 12.0. The highest BCUT2D eigenvalue weighted by Gasteiger charge is 2.29. The predicted octanol–water partition coefficient (Wildman–Crippen LogP) is 0.929. The Balaban J connectivity index is 1.70. The lowest BCUT2D eigenvalue weighted by atomic mass is 9.88. The van der Waals surface area contributed by atoms with Crippen molar-refractivity contribution in [1.82, 2.24) is 15.1 Å². The summed E-state index contributed by atoms with van der Waals surface area (Å²) in [5.41, 5.74) is 0. The number of hydrogen-bond acceptors (Lipinski definition) is 3. The summed E-state index contributed by atoms with van der Waals surface area (Å²) in [6.45, 7) is 3.99. The van der Waals surface area contributed by atoms with Crippen LogP contribution in [0.15, 0.2) is 0 Å². The Hall–Kier alpha value is -0.610. The van der Waals surface area contributed by atoms with E-state index in [9.17, 15) is 4.79 Å². The van der Waals surface area contributed by atoms with Crippen molar-refractivity contribution in [1.29, 1.82) is 0 Å². The number of piperidine rings is 1. The molecule has 18 heavy (non-hydrogen) atoms. The molecular formula is C14H27N3O. The molecule has 104 valence electrons. The van der Waals surface area contributed by atoms with Gasteiger partial charge in [-0.05, 0) is 52.2 Å². The van der Waals surface area contributed by atoms with Gasteiger partial charge >= 0.3 is 0 Å². The summed E-state index contributed by atoms with van der Waals surface area (Å²) in [5.74, 6) is 1.13. The van der Waals surface area contributed by atoms with Crippen molar-refractivity contribution in [2.24, 2.45) is 5.92 Å². The second-order valence-corrected chi connectivity index (χ2v) is 5.97. The summed E-state index contributed by atoms with van der Waals surface area (Å²) in [6, 6.07) is 0.726. The van der Waals surface area contributed by atoms with Crippen molar-refractivity contribution >= 4 is 5.91 Å². The highest BCUT2D eigenvalue weighted by Crippen LogP contribution is 2.25. The summed E-state index contributed by atoms with van der Waals surface area (Å²) in [4.78, 5) is 16.2. The van der Waals surface area contributed by atoms with Crippen LogP contribution in [0.4, 0.5) is 0 Å². The fourth-order valence-electron chi connectivity index (χ4n) is 3.14. The van der Waals surface area contributed by atoms with Crippen LogP contribution in [0.25, 0.3) is 0 Å². The number of rotatable bonds is 4. The first-order valence-corrected chi connectivity index (χ1v) is 7.32. The number of carbonyl (C=O) groups excluding carboxylic acids is 1. The molecule has 0 aromatic carbocycles. The zero-order valence-corrected chi connectivity index (χ0v) is 11.8. The molecule has 1 N–H and O–H groups in total. The minimum atomic E-state index is 0.335. The van der Waals surface area contributed by atoms with Crippen LogP contribution in [-0.2, 0) is 4.79 Å². The largest absolute Gasteiger partial charge is 0.343 e. The third-order valence-corrected chi connectivity index (χ3v) is 4.33. The smallest absolute Gasteiger partial charge is 0.223 e. The first-order chi connectivity index (χ1) is 8.66. The van der Waals surface area contributed by atoms with Crippen LogP contribution in [0, 0.1) is 5.92 Å². The van der Waals surface area contributed by atoms with Crippen molar-refractivity contribution in [3.63, 3.8) is 0 Å². The molecule has 2 rings (SSSR count). The van der Waals surface area contributed by atoms with E-state index >= 15 is 0 Å². The molecule has 0 saturated carbocycles. The minimum Gasteiger partial charge on any atom is -0.343 e. The van der Waals surface area contributed by atoms with E-state index in [4.69, 9.17) is 0 Å². The molecule has 0 aliphatic carbocycles. The van der Waals surface area contributed by atoms with E-state index in [1.165, 1.54) is 32.2 Å². The van der Waals surface area contributed by atoms with E-state index in [0.29, 0.717) is 12.3 Å². The van der Waals surface area contributed by atoms with Crippen LogP contribution in [0.1, 0.15) is 32.1 Å². The van der Waals surface area contributed by atoms with E-state index in [0.717, 1.165) is 31.6 Å². The number of likely N-dealkylation sites (tertiary alicyclic amines) is 1. The van der Waals surface area contributed by atoms with Crippen LogP contribution < -0.4 is 5.32 Å². The first-order valence-electron chi connectivity index (χ1n) is 7.32. The van der Waals surface area contributed by atoms with Crippen LogP contribution in [0.5, 0.6) is 0 Å². The van der Waals surface area contributed by atoms with Crippen molar-refractivity contribution in [2.75, 3.05) is 40.3 Å². The summed E-state index contributed by atoms with van der Waals surface area (Å²) in [7, 11) is 4.04. The fourth-order valence-corrected chi connectivity index (χ4v) is 3.14. The van der Waals surface area contributed by atoms with Gasteiger partial charge in [0.1, 0.15) is 0 Å². The summed E-state index contributed by atoms with van der Waals surface area (Å²) in [5, 5.41) is 3.60. The van der Waals surface area contributed by atoms with Crippen LogP contribution in [0.2, 0.25) is 0 Å². The molecule has 2 fully saturated rings. The maximum Gasteiger partial charge on any atom is 0.223 e. The number of carbonyl (C=O) groups is 1. The molecule has 1 atom stereocenters. The van der Waals surface area contributed by atoms with Gasteiger partial charge in [0.2, 0.25) is 5.91 Å². The summed E-state index contributed by atoms with van der Waals surface area (Å²) in [6.07, 6.45) is 5.70. The Labute approximate surface area is 111 Å². The molecule has 4 heteroatoms. The topological polar surface area (TPSA) is 35.6 Å². The number of amides is 1. The molecule has 1 amide bonds. The highest BCUT2D eigenvalue weighted by molar-refractivity contribution is 5.76. The Bertz CT molecular complexity index is 266. The molecule has 0 radical (unpaired) electrons. The third kappa shape index (κ3) is 3.69. The molecule has 0 bridgehead atoms. The van der Waals surface area contributed by atoms with Gasteiger partial charge in [0.15, 0.2) is 0 Å². The number of nitrogens with one attached hydrogen (secondary N) is 1. The van der Waals surface area contributed by atoms with E-state index in [-0.39, 0.29) is 0 Å². The van der Waals surface area contributed by atoms with Gasteiger partial charge in [0.05, 0.1) is 0 Å². The van der Waals surface area contributed by atoms with Crippen LogP contribution in [0.3, 0.4) is 0 Å². The lowest BCUT2D eigenvalue weighted by molar-refractivity contribution is -0.132. The molecule has 2 aliphatic rings. The average molecular weight is 253 g/mol. The summed E-state index contributed by atoms with van der Waals surface area (Å²) >= 11 is 0. The molecule has 2 saturated heterocycles. The normalized spacial score (nSPS) is 25.9. The Kier molecular flexibility index (Phi) is 5.01. The minimum absolute atomic E-state index is 0.335. The Morgan fingerprint density at radius 1 is 1.28 bits per heavy atom. The van der Waals surface area contributed by atoms with Gasteiger partial charge in [-0.3, -0.25) is 4.79 Å². The van der Waals surface area contributed by atoms with Crippen LogP contribution in [-0.4, -0.2) is 62.0 Å². The summed E-state index contributed by atoms with van der Waals surface area (Å²) < 4.78 is 0. The van der Waals surface area contributed by atoms with Gasteiger partial charge in [-0.2, -0.15) is 0 Å². The average Bonchev–Trinajstić information content (AvgIpc) is 2.90. The highest BCUT2D eigenvalue weighted by atomic mass is 16.2. The van der Waals surface area contributed by atoms with E-state index in [1.54, 1.807) is 0 Å². The molecule has 0 spiro atoms. The number of hydrogen-bond donors (Lipinski definition) is 1. The van der Waals surface area contributed by atoms with Crippen molar-refractivity contribution in [3.05, 3.63) is 0 Å². The Morgan fingerprint density at radius 2 is 2.00 bits per heavy atom. The molecule has 0 aromatic heterocycles. The monoisotopic (exact) mass is 253 g/mol. The second-order valence-electron chi connectivity index (χ2n) is 5.97. The van der Waals surface area contributed by atoms with Crippen molar-refractivity contribution in [3.8, 4) is 0 Å². The molecule has 0 aromatic rings. The standard InChI is InChI=1S/C14H27N3O/c1-16(2)9-7-14(18)17-10-5-12(6-11-17)13-4-3-8-15-13/h12-13,15H,3-11H2,1-2H3. The van der Waals surface area contributed by atoms with E-state index < -0.39 is 0 Å². The quantitative estimate of drug-likeness (QED) is 0.809. The van der Waals surface area contributed by atoms with Crippen molar-refractivity contribution in [2.45, 2.75) is 38.1 Å². The van der Waals surface area contributed by atoms with Gasteiger partial charge in [-0.1, -0.05) is 0 Å². The second kappa shape index (κ2) is 6.53. The molecule has 1 unspecified atom stereocenters. The van der Waals surface area contributed by atoms with Crippen molar-refractivity contribution < 1.29 is 4.79 Å². The lowest BCUT2D eigenvalue weighted by Gasteiger charge is -2.35. The van der Waals surface area contributed by atoms with Gasteiger partial charge in [0.25, 0.3) is 0 Å². The van der Waals surface area contributed by atoms with Crippen LogP contribution >= 0.6 is 0 Å². The predicted molar refractivity (Wildman–Crippen MR) is 73.5 cm³/mol. The van der Waals surface area contributed by atoms with Gasteiger partial charge in [-0.25, -0.2) is 0 Å². The molecular weight excluding hydrogens is 226 g/mol. The first kappa shape index (κ1) is 13.8. The molecule has 4 nitrogen and oxygen atoms in total. The Morgan fingerprint density at radius 3 is 2.56 bits per heavy atom. The van der Waals surface area contributed by atoms with E-state index in [1.807, 2.05) is 14.1 Å². The lowest BCUT2D eigenvalue weighted by Crippen LogP contribution is -2.43. The molecule has 2 aliphatic heterocycles. The zero-order valence-electron chi connectivity index (χ0n) is 11.8. The number of nitrogens with zero attached hydrogens (tertiary/aromatic N) is 2. The van der Waals surface area contributed by atoms with Gasteiger partial charge in [0, 0.05) is 32.1 Å². The molecule has 2 heterocycles. The van der Waals surface area contributed by atoms with Gasteiger partial charge < -0.3 is 15.1 Å². The van der Waals surface area contributed by atoms with Gasteiger partial charge in [-0.15, -0.1) is 0 Å². The SMILES string of the molecule is CN(C)CCC(=O)N1CCC(C2CCCN2)CC1. The maximum absolute atomic E-state index is 12.0. The van der Waals surface area contributed by atoms with E-state index in [2.05, 4.69) is 15.1 Å².